The Hall–Kier alpha value is -2.63. The number of piperidine rings is 1. The van der Waals surface area contributed by atoms with E-state index in [1.54, 1.807) is 24.4 Å². The van der Waals surface area contributed by atoms with Crippen molar-refractivity contribution in [2.24, 2.45) is 0 Å². The molecule has 3 rings (SSSR count). The molecule has 1 N–H and O–H groups in total. The van der Waals surface area contributed by atoms with Gasteiger partial charge in [-0.25, -0.2) is 14.2 Å². The lowest BCUT2D eigenvalue weighted by Gasteiger charge is -2.33. The summed E-state index contributed by atoms with van der Waals surface area (Å²) in [6.07, 6.45) is 4.85. The second kappa shape index (κ2) is 7.96. The second-order valence-electron chi connectivity index (χ2n) is 6.22. The third-order valence-electron chi connectivity index (χ3n) is 4.35. The zero-order valence-corrected chi connectivity index (χ0v) is 14.2. The Morgan fingerprint density at radius 3 is 3.04 bits per heavy atom. The number of rotatable bonds is 4. The van der Waals surface area contributed by atoms with Gasteiger partial charge in [-0.2, -0.15) is 0 Å². The summed E-state index contributed by atoms with van der Waals surface area (Å²) in [4.78, 5) is 18.5. The van der Waals surface area contributed by atoms with Crippen molar-refractivity contribution in [3.63, 3.8) is 0 Å². The first-order valence-electron chi connectivity index (χ1n) is 8.55. The molecular weight excluding hydrogens is 321 g/mol. The van der Waals surface area contributed by atoms with Gasteiger partial charge in [0.15, 0.2) is 0 Å². The Balaban J connectivity index is 1.65. The van der Waals surface area contributed by atoms with E-state index < -0.39 is 0 Å². The number of halogens is 1. The molecule has 1 unspecified atom stereocenters. The van der Waals surface area contributed by atoms with Crippen molar-refractivity contribution in [2.45, 2.75) is 38.8 Å². The van der Waals surface area contributed by atoms with Crippen LogP contribution in [0.15, 0.2) is 42.6 Å². The number of benzene rings is 1. The molecule has 1 fully saturated rings. The quantitative estimate of drug-likeness (QED) is 0.909. The fourth-order valence-electron chi connectivity index (χ4n) is 2.96. The number of hydrogen-bond donors (Lipinski definition) is 1. The molecule has 0 aliphatic carbocycles. The van der Waals surface area contributed by atoms with E-state index in [9.17, 15) is 9.18 Å². The Labute approximate surface area is 146 Å². The minimum Gasteiger partial charge on any atom is -0.439 e. The minimum atomic E-state index is -0.373. The van der Waals surface area contributed by atoms with Crippen molar-refractivity contribution < 1.29 is 13.9 Å². The molecule has 1 aromatic heterocycles. The topological polar surface area (TPSA) is 54.5 Å². The number of nitrogens with zero attached hydrogens (tertiary/aromatic N) is 2. The monoisotopic (exact) mass is 343 g/mol. The zero-order chi connectivity index (χ0) is 17.6. The van der Waals surface area contributed by atoms with Crippen LogP contribution in [0.1, 0.15) is 31.7 Å². The number of carbonyl (C=O) groups excluding carboxylic acids is 1. The number of aromatic nitrogens is 1. The molecule has 0 radical (unpaired) electrons. The minimum absolute atomic E-state index is 0.0761. The molecule has 1 atom stereocenters. The summed E-state index contributed by atoms with van der Waals surface area (Å²) in [6.45, 7) is 3.16. The fraction of sp³-hybridized carbons (Fsp3) is 0.368. The largest absolute Gasteiger partial charge is 0.439 e. The van der Waals surface area contributed by atoms with Gasteiger partial charge in [-0.3, -0.25) is 0 Å². The predicted octanol–water partition coefficient (Wildman–Crippen LogP) is 4.10. The highest BCUT2D eigenvalue weighted by Gasteiger charge is 2.23. The van der Waals surface area contributed by atoms with Crippen LogP contribution in [0.3, 0.4) is 0 Å². The Morgan fingerprint density at radius 1 is 1.36 bits per heavy atom. The first-order valence-corrected chi connectivity index (χ1v) is 8.55. The van der Waals surface area contributed by atoms with Crippen LogP contribution < -0.4 is 10.1 Å². The Kier molecular flexibility index (Phi) is 5.48. The normalized spacial score (nSPS) is 17.2. The van der Waals surface area contributed by atoms with E-state index in [1.807, 2.05) is 11.0 Å². The SMILES string of the molecule is CC1CCCCN1C(=O)NCc1cccnc1Oc1cccc(F)c1. The first kappa shape index (κ1) is 17.2. The number of amides is 2. The van der Waals surface area contributed by atoms with E-state index in [2.05, 4.69) is 17.2 Å². The molecule has 2 heterocycles. The number of ether oxygens (including phenoxy) is 1. The summed E-state index contributed by atoms with van der Waals surface area (Å²) in [5.41, 5.74) is 0.741. The number of likely N-dealkylation sites (tertiary alicyclic amines) is 1. The van der Waals surface area contributed by atoms with E-state index >= 15 is 0 Å². The highest BCUT2D eigenvalue weighted by atomic mass is 19.1. The maximum absolute atomic E-state index is 13.3. The highest BCUT2D eigenvalue weighted by Crippen LogP contribution is 2.23. The lowest BCUT2D eigenvalue weighted by Crippen LogP contribution is -2.47. The van der Waals surface area contributed by atoms with Gasteiger partial charge in [-0.1, -0.05) is 12.1 Å². The van der Waals surface area contributed by atoms with E-state index in [0.29, 0.717) is 18.2 Å². The third kappa shape index (κ3) is 4.47. The molecular formula is C19H22FN3O2. The molecule has 1 aliphatic rings. The van der Waals surface area contributed by atoms with E-state index in [1.165, 1.54) is 18.6 Å². The smallest absolute Gasteiger partial charge is 0.317 e. The van der Waals surface area contributed by atoms with Crippen molar-refractivity contribution in [1.29, 1.82) is 0 Å². The van der Waals surface area contributed by atoms with Crippen LogP contribution in [0.2, 0.25) is 0 Å². The highest BCUT2D eigenvalue weighted by molar-refractivity contribution is 5.74. The van der Waals surface area contributed by atoms with E-state index in [-0.39, 0.29) is 17.9 Å². The van der Waals surface area contributed by atoms with Gasteiger partial charge in [-0.05, 0) is 44.4 Å². The average molecular weight is 343 g/mol. The van der Waals surface area contributed by atoms with Crippen LogP contribution in [-0.4, -0.2) is 28.5 Å². The summed E-state index contributed by atoms with van der Waals surface area (Å²) < 4.78 is 19.0. The molecule has 6 heteroatoms. The molecule has 5 nitrogen and oxygen atoms in total. The van der Waals surface area contributed by atoms with Crippen LogP contribution >= 0.6 is 0 Å². The third-order valence-corrected chi connectivity index (χ3v) is 4.35. The molecule has 1 aromatic carbocycles. The van der Waals surface area contributed by atoms with Gasteiger partial charge in [0.2, 0.25) is 5.88 Å². The lowest BCUT2D eigenvalue weighted by atomic mass is 10.0. The van der Waals surface area contributed by atoms with Crippen LogP contribution in [0.25, 0.3) is 0 Å². The van der Waals surface area contributed by atoms with Gasteiger partial charge in [0.05, 0.1) is 0 Å². The van der Waals surface area contributed by atoms with Gasteiger partial charge in [-0.15, -0.1) is 0 Å². The van der Waals surface area contributed by atoms with E-state index in [4.69, 9.17) is 4.74 Å². The van der Waals surface area contributed by atoms with Crippen LogP contribution in [-0.2, 0) is 6.54 Å². The number of nitrogens with one attached hydrogen (secondary N) is 1. The van der Waals surface area contributed by atoms with Gasteiger partial charge in [0.25, 0.3) is 0 Å². The van der Waals surface area contributed by atoms with Crippen molar-refractivity contribution in [3.8, 4) is 11.6 Å². The molecule has 25 heavy (non-hydrogen) atoms. The van der Waals surface area contributed by atoms with Crippen LogP contribution in [0.4, 0.5) is 9.18 Å². The average Bonchev–Trinajstić information content (AvgIpc) is 2.61. The zero-order valence-electron chi connectivity index (χ0n) is 14.2. The number of hydrogen-bond acceptors (Lipinski definition) is 3. The van der Waals surface area contributed by atoms with Gasteiger partial charge < -0.3 is 15.0 Å². The van der Waals surface area contributed by atoms with E-state index in [0.717, 1.165) is 24.9 Å². The standard InChI is InChI=1S/C19H22FN3O2/c1-14-6-2-3-11-23(14)19(24)22-13-15-7-5-10-21-18(15)25-17-9-4-8-16(20)12-17/h4-5,7-10,12,14H,2-3,6,11,13H2,1H3,(H,22,24). The lowest BCUT2D eigenvalue weighted by molar-refractivity contribution is 0.157. The van der Waals surface area contributed by atoms with Crippen LogP contribution in [0, 0.1) is 5.82 Å². The molecule has 1 saturated heterocycles. The summed E-state index contributed by atoms with van der Waals surface area (Å²) in [7, 11) is 0. The summed E-state index contributed by atoms with van der Waals surface area (Å²) in [5, 5.41) is 2.93. The second-order valence-corrected chi connectivity index (χ2v) is 6.22. The summed E-state index contributed by atoms with van der Waals surface area (Å²) >= 11 is 0. The molecule has 2 amide bonds. The number of carbonyl (C=O) groups is 1. The molecule has 0 bridgehead atoms. The molecule has 2 aromatic rings. The van der Waals surface area contributed by atoms with Crippen molar-refractivity contribution in [3.05, 3.63) is 54.0 Å². The van der Waals surface area contributed by atoms with Gasteiger partial charge in [0, 0.05) is 37.0 Å². The molecule has 0 spiro atoms. The molecule has 1 aliphatic heterocycles. The van der Waals surface area contributed by atoms with Gasteiger partial charge in [0.1, 0.15) is 11.6 Å². The molecule has 132 valence electrons. The van der Waals surface area contributed by atoms with Crippen molar-refractivity contribution in [1.82, 2.24) is 15.2 Å². The summed E-state index contributed by atoms with van der Waals surface area (Å²) in [5.74, 6) is 0.360. The number of urea groups is 1. The Bertz CT molecular complexity index is 738. The fourth-order valence-corrected chi connectivity index (χ4v) is 2.96. The Morgan fingerprint density at radius 2 is 2.24 bits per heavy atom. The molecule has 0 saturated carbocycles. The predicted molar refractivity (Wildman–Crippen MR) is 93.0 cm³/mol. The maximum Gasteiger partial charge on any atom is 0.317 e. The number of pyridine rings is 1. The van der Waals surface area contributed by atoms with Crippen LogP contribution in [0.5, 0.6) is 11.6 Å². The maximum atomic E-state index is 13.3. The first-order chi connectivity index (χ1) is 12.1. The van der Waals surface area contributed by atoms with Gasteiger partial charge >= 0.3 is 6.03 Å². The summed E-state index contributed by atoms with van der Waals surface area (Å²) in [6, 6.07) is 9.69. The van der Waals surface area contributed by atoms with Crippen molar-refractivity contribution >= 4 is 6.03 Å². The van der Waals surface area contributed by atoms with Crippen molar-refractivity contribution in [2.75, 3.05) is 6.54 Å².